The Morgan fingerprint density at radius 1 is 1.03 bits per heavy atom. The van der Waals surface area contributed by atoms with Crippen molar-refractivity contribution in [1.82, 2.24) is 9.97 Å². The Bertz CT molecular complexity index is 1160. The second-order valence-corrected chi connectivity index (χ2v) is 8.63. The molecular weight excluding hydrogens is 430 g/mol. The number of hydrogen-bond acceptors (Lipinski definition) is 7. The van der Waals surface area contributed by atoms with Crippen LogP contribution in [0.5, 0.6) is 11.5 Å². The molecule has 0 N–H and O–H groups in total. The smallest absolute Gasteiger partial charge is 0.239 e. The van der Waals surface area contributed by atoms with Gasteiger partial charge in [-0.25, -0.2) is 4.98 Å². The van der Waals surface area contributed by atoms with Crippen molar-refractivity contribution in [2.24, 2.45) is 0 Å². The summed E-state index contributed by atoms with van der Waals surface area (Å²) in [5, 5.41) is 0.630. The topological polar surface area (TPSA) is 64.5 Å². The first-order chi connectivity index (χ1) is 15.2. The molecule has 0 radical (unpaired) electrons. The molecule has 0 spiro atoms. The SMILES string of the molecule is COc1ccc(SCC(=O)N(Cc2ccccn2)c2nc3c(OC)cccc3s2)cc1. The molecule has 2 heterocycles. The highest BCUT2D eigenvalue weighted by Crippen LogP contribution is 2.35. The maximum Gasteiger partial charge on any atom is 0.239 e. The zero-order chi connectivity index (χ0) is 21.6. The molecule has 4 aromatic rings. The van der Waals surface area contributed by atoms with Gasteiger partial charge in [0.05, 0.1) is 36.9 Å². The lowest BCUT2D eigenvalue weighted by Gasteiger charge is -2.19. The number of amides is 1. The van der Waals surface area contributed by atoms with E-state index in [0.29, 0.717) is 17.4 Å². The van der Waals surface area contributed by atoms with E-state index in [4.69, 9.17) is 14.5 Å². The molecule has 0 bridgehead atoms. The molecule has 1 amide bonds. The van der Waals surface area contributed by atoms with Gasteiger partial charge in [0.25, 0.3) is 0 Å². The molecule has 0 fully saturated rings. The fraction of sp³-hybridized carbons (Fsp3) is 0.174. The van der Waals surface area contributed by atoms with Crippen LogP contribution < -0.4 is 14.4 Å². The number of methoxy groups -OCH3 is 2. The van der Waals surface area contributed by atoms with Gasteiger partial charge in [-0.1, -0.05) is 23.5 Å². The van der Waals surface area contributed by atoms with Crippen LogP contribution in [0.1, 0.15) is 5.69 Å². The van der Waals surface area contributed by atoms with Gasteiger partial charge in [0.2, 0.25) is 5.91 Å². The van der Waals surface area contributed by atoms with Crippen molar-refractivity contribution in [2.45, 2.75) is 11.4 Å². The first kappa shape index (κ1) is 21.1. The number of pyridine rings is 1. The van der Waals surface area contributed by atoms with Gasteiger partial charge < -0.3 is 9.47 Å². The highest BCUT2D eigenvalue weighted by molar-refractivity contribution is 8.00. The number of anilines is 1. The van der Waals surface area contributed by atoms with Crippen LogP contribution in [0.4, 0.5) is 5.13 Å². The minimum Gasteiger partial charge on any atom is -0.497 e. The molecule has 8 heteroatoms. The summed E-state index contributed by atoms with van der Waals surface area (Å²) >= 11 is 2.95. The van der Waals surface area contributed by atoms with Gasteiger partial charge >= 0.3 is 0 Å². The van der Waals surface area contributed by atoms with Crippen molar-refractivity contribution in [3.05, 3.63) is 72.6 Å². The zero-order valence-electron chi connectivity index (χ0n) is 17.1. The molecule has 31 heavy (non-hydrogen) atoms. The Labute approximate surface area is 188 Å². The Morgan fingerprint density at radius 3 is 2.58 bits per heavy atom. The molecule has 0 saturated heterocycles. The Balaban J connectivity index is 1.59. The van der Waals surface area contributed by atoms with Crippen LogP contribution in [0.25, 0.3) is 10.2 Å². The fourth-order valence-electron chi connectivity index (χ4n) is 3.00. The quantitative estimate of drug-likeness (QED) is 0.350. The molecule has 0 saturated carbocycles. The molecule has 0 unspecified atom stereocenters. The summed E-state index contributed by atoms with van der Waals surface area (Å²) in [4.78, 5) is 25.1. The average molecular weight is 452 g/mol. The van der Waals surface area contributed by atoms with E-state index in [1.54, 1.807) is 25.3 Å². The van der Waals surface area contributed by atoms with Crippen molar-refractivity contribution in [3.63, 3.8) is 0 Å². The van der Waals surface area contributed by atoms with Crippen LogP contribution in [0.2, 0.25) is 0 Å². The molecule has 2 aromatic carbocycles. The van der Waals surface area contributed by atoms with Gasteiger partial charge in [0, 0.05) is 11.1 Å². The van der Waals surface area contributed by atoms with Gasteiger partial charge in [-0.3, -0.25) is 14.7 Å². The van der Waals surface area contributed by atoms with Crippen molar-refractivity contribution < 1.29 is 14.3 Å². The van der Waals surface area contributed by atoms with E-state index in [2.05, 4.69) is 4.98 Å². The van der Waals surface area contributed by atoms with E-state index in [-0.39, 0.29) is 11.7 Å². The minimum absolute atomic E-state index is 0.0375. The fourth-order valence-corrected chi connectivity index (χ4v) is 4.78. The minimum atomic E-state index is -0.0375. The maximum atomic E-state index is 13.3. The normalized spacial score (nSPS) is 10.8. The van der Waals surface area contributed by atoms with Crippen molar-refractivity contribution in [1.29, 1.82) is 0 Å². The number of ether oxygens (including phenoxy) is 2. The number of fused-ring (bicyclic) bond motifs is 1. The van der Waals surface area contributed by atoms with E-state index in [0.717, 1.165) is 26.6 Å². The summed E-state index contributed by atoms with van der Waals surface area (Å²) in [5.74, 6) is 1.73. The first-order valence-electron chi connectivity index (χ1n) is 9.58. The van der Waals surface area contributed by atoms with Gasteiger partial charge in [0.15, 0.2) is 5.13 Å². The number of benzene rings is 2. The maximum absolute atomic E-state index is 13.3. The van der Waals surface area contributed by atoms with E-state index in [1.165, 1.54) is 23.1 Å². The number of carbonyl (C=O) groups is 1. The van der Waals surface area contributed by atoms with Crippen LogP contribution in [-0.4, -0.2) is 35.8 Å². The molecule has 0 aliphatic heterocycles. The van der Waals surface area contributed by atoms with Gasteiger partial charge in [-0.2, -0.15) is 0 Å². The largest absolute Gasteiger partial charge is 0.497 e. The van der Waals surface area contributed by atoms with E-state index < -0.39 is 0 Å². The first-order valence-corrected chi connectivity index (χ1v) is 11.4. The Kier molecular flexibility index (Phi) is 6.69. The average Bonchev–Trinajstić information content (AvgIpc) is 3.26. The third kappa shape index (κ3) is 4.98. The zero-order valence-corrected chi connectivity index (χ0v) is 18.8. The number of nitrogens with zero attached hydrogens (tertiary/aromatic N) is 3. The summed E-state index contributed by atoms with van der Waals surface area (Å²) in [5.41, 5.74) is 1.56. The summed E-state index contributed by atoms with van der Waals surface area (Å²) < 4.78 is 11.6. The van der Waals surface area contributed by atoms with Crippen molar-refractivity contribution in [2.75, 3.05) is 24.9 Å². The van der Waals surface area contributed by atoms with Crippen LogP contribution in [0.3, 0.4) is 0 Å². The molecule has 4 rings (SSSR count). The molecule has 0 aliphatic carbocycles. The van der Waals surface area contributed by atoms with Crippen LogP contribution in [0, 0.1) is 0 Å². The second-order valence-electron chi connectivity index (χ2n) is 6.57. The Hall–Kier alpha value is -3.10. The third-order valence-electron chi connectivity index (χ3n) is 4.59. The Morgan fingerprint density at radius 2 is 1.87 bits per heavy atom. The third-order valence-corrected chi connectivity index (χ3v) is 6.63. The highest BCUT2D eigenvalue weighted by atomic mass is 32.2. The number of rotatable bonds is 8. The number of thioether (sulfide) groups is 1. The summed E-state index contributed by atoms with van der Waals surface area (Å²) in [6.07, 6.45) is 1.73. The standard InChI is InChI=1S/C23H21N3O3S2/c1-28-17-9-11-18(12-10-17)30-15-21(27)26(14-16-6-3-4-13-24-16)23-25-22-19(29-2)7-5-8-20(22)31-23/h3-13H,14-15H2,1-2H3. The van der Waals surface area contributed by atoms with Crippen LogP contribution in [-0.2, 0) is 11.3 Å². The molecule has 0 atom stereocenters. The second kappa shape index (κ2) is 9.80. The van der Waals surface area contributed by atoms with Crippen molar-refractivity contribution >= 4 is 44.4 Å². The lowest BCUT2D eigenvalue weighted by Crippen LogP contribution is -2.32. The molecule has 0 aliphatic rings. The van der Waals surface area contributed by atoms with E-state index in [9.17, 15) is 4.79 Å². The number of carbonyl (C=O) groups excluding carboxylic acids is 1. The van der Waals surface area contributed by atoms with E-state index in [1.807, 2.05) is 60.7 Å². The number of thiazole rings is 1. The monoisotopic (exact) mass is 451 g/mol. The molecular formula is C23H21N3O3S2. The number of aromatic nitrogens is 2. The van der Waals surface area contributed by atoms with E-state index >= 15 is 0 Å². The number of para-hydroxylation sites is 1. The molecule has 6 nitrogen and oxygen atoms in total. The highest BCUT2D eigenvalue weighted by Gasteiger charge is 2.22. The van der Waals surface area contributed by atoms with Crippen molar-refractivity contribution in [3.8, 4) is 11.5 Å². The van der Waals surface area contributed by atoms with Crippen LogP contribution >= 0.6 is 23.1 Å². The predicted octanol–water partition coefficient (Wildman–Crippen LogP) is 5.03. The summed E-state index contributed by atoms with van der Waals surface area (Å²) in [7, 11) is 3.25. The summed E-state index contributed by atoms with van der Waals surface area (Å²) in [6, 6.07) is 19.1. The molecule has 158 valence electrons. The van der Waals surface area contributed by atoms with Crippen LogP contribution in [0.15, 0.2) is 71.8 Å². The lowest BCUT2D eigenvalue weighted by molar-refractivity contribution is -0.116. The lowest BCUT2D eigenvalue weighted by atomic mass is 10.3. The predicted molar refractivity (Wildman–Crippen MR) is 125 cm³/mol. The summed E-state index contributed by atoms with van der Waals surface area (Å²) in [6.45, 7) is 0.352. The van der Waals surface area contributed by atoms with Gasteiger partial charge in [-0.15, -0.1) is 11.8 Å². The number of hydrogen-bond donors (Lipinski definition) is 0. The van der Waals surface area contributed by atoms with Gasteiger partial charge in [0.1, 0.15) is 17.0 Å². The van der Waals surface area contributed by atoms with Gasteiger partial charge in [-0.05, 0) is 48.5 Å². The molecule has 2 aromatic heterocycles.